The predicted molar refractivity (Wildman–Crippen MR) is 216 cm³/mol. The fourth-order valence-corrected chi connectivity index (χ4v) is 3.87. The highest BCUT2D eigenvalue weighted by molar-refractivity contribution is 5.54. The molecule has 0 fully saturated rings. The summed E-state index contributed by atoms with van der Waals surface area (Å²) >= 11 is 0. The predicted octanol–water partition coefficient (Wildman–Crippen LogP) is 15.1. The number of rotatable bonds is 21. The van der Waals surface area contributed by atoms with Crippen molar-refractivity contribution in [1.82, 2.24) is 0 Å². The largest absolute Gasteiger partial charge is 0.573 e. The lowest BCUT2D eigenvalue weighted by molar-refractivity contribution is -0.274. The number of anilines is 1. The van der Waals surface area contributed by atoms with Crippen molar-refractivity contribution in [2.45, 2.75) is 179 Å². The fourth-order valence-electron chi connectivity index (χ4n) is 3.87. The molecule has 0 aromatic heterocycles. The second-order valence-corrected chi connectivity index (χ2v) is 12.7. The van der Waals surface area contributed by atoms with Gasteiger partial charge in [-0.05, 0) is 62.4 Å². The van der Waals surface area contributed by atoms with Gasteiger partial charge in [-0.2, -0.15) is 0 Å². The second kappa shape index (κ2) is 41.4. The molecular weight excluding hydrogens is 635 g/mol. The number of benzene rings is 1. The molecule has 1 aromatic carbocycles. The maximum atomic E-state index is 12.2. The van der Waals surface area contributed by atoms with Crippen LogP contribution in [0.2, 0.25) is 0 Å². The summed E-state index contributed by atoms with van der Waals surface area (Å²) < 4.78 is 51.0. The van der Waals surface area contributed by atoms with Crippen LogP contribution in [0.15, 0.2) is 47.7 Å². The minimum atomic E-state index is -4.68. The minimum Gasteiger partial charge on any atom is -0.406 e. The zero-order chi connectivity index (χ0) is 39.1. The Hall–Kier alpha value is -1.99. The van der Waals surface area contributed by atoms with E-state index in [0.29, 0.717) is 13.0 Å². The number of halogens is 3. The minimum absolute atomic E-state index is 0.232. The third kappa shape index (κ3) is 42.2. The maximum Gasteiger partial charge on any atom is 0.573 e. The van der Waals surface area contributed by atoms with Crippen LogP contribution >= 0.6 is 0 Å². The van der Waals surface area contributed by atoms with Gasteiger partial charge in [0.25, 0.3) is 0 Å². The molecule has 0 spiro atoms. The van der Waals surface area contributed by atoms with E-state index in [1.54, 1.807) is 19.2 Å². The number of ether oxygens (including phenoxy) is 3. The van der Waals surface area contributed by atoms with Gasteiger partial charge in [-0.1, -0.05) is 152 Å². The van der Waals surface area contributed by atoms with Gasteiger partial charge in [-0.25, -0.2) is 0 Å². The lowest BCUT2D eigenvalue weighted by Gasteiger charge is -2.23. The molecule has 0 aliphatic carbocycles. The first-order chi connectivity index (χ1) is 23.8. The van der Waals surface area contributed by atoms with E-state index in [9.17, 15) is 13.2 Å². The molecule has 0 N–H and O–H groups in total. The fraction of sp³-hybridized carbons (Fsp3) is 0.767. The third-order valence-corrected chi connectivity index (χ3v) is 7.61. The normalized spacial score (nSPS) is 11.8. The zero-order valence-electron chi connectivity index (χ0n) is 35.1. The molecule has 7 heteroatoms. The molecule has 0 bridgehead atoms. The van der Waals surface area contributed by atoms with Gasteiger partial charge in [-0.3, -0.25) is 0 Å². The number of methoxy groups -OCH3 is 1. The molecule has 0 saturated carbocycles. The Kier molecular flexibility index (Phi) is 45.4. The molecule has 1 atom stereocenters. The molecule has 1 unspecified atom stereocenters. The molecule has 0 radical (unpaired) electrons. The van der Waals surface area contributed by atoms with Gasteiger partial charge in [0.1, 0.15) is 5.75 Å². The summed E-state index contributed by atoms with van der Waals surface area (Å²) in [4.78, 5) is 1.93. The summed E-state index contributed by atoms with van der Waals surface area (Å²) in [6, 6.07) is 5.81. The first-order valence-electron chi connectivity index (χ1n) is 19.9. The highest BCUT2D eigenvalue weighted by atomic mass is 19.4. The van der Waals surface area contributed by atoms with E-state index in [4.69, 9.17) is 9.47 Å². The zero-order valence-corrected chi connectivity index (χ0v) is 35.1. The molecule has 0 aliphatic rings. The Morgan fingerprint density at radius 1 is 0.740 bits per heavy atom. The smallest absolute Gasteiger partial charge is 0.406 e. The van der Waals surface area contributed by atoms with Crippen LogP contribution in [-0.4, -0.2) is 40.3 Å². The van der Waals surface area contributed by atoms with Crippen LogP contribution in [-0.2, 0) is 9.47 Å². The second-order valence-electron chi connectivity index (χ2n) is 12.7. The first kappa shape index (κ1) is 54.8. The van der Waals surface area contributed by atoms with Crippen molar-refractivity contribution in [3.05, 3.63) is 47.7 Å². The van der Waals surface area contributed by atoms with E-state index in [0.717, 1.165) is 48.9 Å². The molecule has 4 nitrogen and oxygen atoms in total. The lowest BCUT2D eigenvalue weighted by Crippen LogP contribution is -2.19. The first-order valence-corrected chi connectivity index (χ1v) is 19.9. The summed E-state index contributed by atoms with van der Waals surface area (Å²) in [6.45, 7) is 26.5. The van der Waals surface area contributed by atoms with Crippen LogP contribution in [0.5, 0.6) is 5.75 Å². The quantitative estimate of drug-likeness (QED) is 0.0936. The molecule has 0 saturated heterocycles. The van der Waals surface area contributed by atoms with Crippen molar-refractivity contribution in [3.63, 3.8) is 0 Å². The molecule has 0 aliphatic heterocycles. The maximum absolute atomic E-state index is 12.2. The number of hydrogen-bond acceptors (Lipinski definition) is 4. The van der Waals surface area contributed by atoms with Gasteiger partial charge >= 0.3 is 6.36 Å². The molecule has 1 aromatic rings. The van der Waals surface area contributed by atoms with Crippen molar-refractivity contribution in [1.29, 1.82) is 0 Å². The van der Waals surface area contributed by atoms with Crippen LogP contribution in [0, 0.1) is 5.92 Å². The van der Waals surface area contributed by atoms with E-state index in [-0.39, 0.29) is 5.75 Å². The number of allylic oxidation sites excluding steroid dienone is 3. The highest BCUT2D eigenvalue weighted by Gasteiger charge is 2.31. The monoisotopic (exact) mass is 718 g/mol. The Morgan fingerprint density at radius 3 is 1.70 bits per heavy atom. The van der Waals surface area contributed by atoms with Crippen LogP contribution in [0.3, 0.4) is 0 Å². The summed E-state index contributed by atoms with van der Waals surface area (Å²) in [5.41, 5.74) is 2.92. The number of unbranched alkanes of at least 4 members (excludes halogenated alkanes) is 6. The van der Waals surface area contributed by atoms with Gasteiger partial charge in [0.05, 0.1) is 6.61 Å². The average Bonchev–Trinajstić information content (AvgIpc) is 3.10. The van der Waals surface area contributed by atoms with Gasteiger partial charge in [0, 0.05) is 45.2 Å². The molecule has 0 amide bonds. The molecule has 50 heavy (non-hydrogen) atoms. The lowest BCUT2D eigenvalue weighted by atomic mass is 10.0. The molecule has 0 heterocycles. The van der Waals surface area contributed by atoms with E-state index >= 15 is 0 Å². The van der Waals surface area contributed by atoms with Crippen molar-refractivity contribution in [2.75, 3.05) is 38.9 Å². The Morgan fingerprint density at radius 2 is 1.28 bits per heavy atom. The van der Waals surface area contributed by atoms with Crippen molar-refractivity contribution in [3.8, 4) is 5.75 Å². The SMILES string of the molecule is CC/C=C(C)\C=C(\CCOC)N(C)c1ccc(OC(F)(F)F)cc1.CCCC.CCCC.CCCCCC(C)CC.CCCCCOCCC. The third-order valence-electron chi connectivity index (χ3n) is 7.61. The van der Waals surface area contributed by atoms with Crippen LogP contribution in [0.25, 0.3) is 0 Å². The number of hydrogen-bond donors (Lipinski definition) is 0. The van der Waals surface area contributed by atoms with Gasteiger partial charge in [0.15, 0.2) is 0 Å². The number of alkyl halides is 3. The topological polar surface area (TPSA) is 30.9 Å². The highest BCUT2D eigenvalue weighted by Crippen LogP contribution is 2.27. The van der Waals surface area contributed by atoms with Crippen molar-refractivity contribution < 1.29 is 27.4 Å². The van der Waals surface area contributed by atoms with Gasteiger partial charge in [-0.15, -0.1) is 13.2 Å². The van der Waals surface area contributed by atoms with Gasteiger partial charge < -0.3 is 19.1 Å². The van der Waals surface area contributed by atoms with E-state index in [2.05, 4.69) is 86.1 Å². The van der Waals surface area contributed by atoms with E-state index < -0.39 is 6.36 Å². The van der Waals surface area contributed by atoms with Crippen molar-refractivity contribution >= 4 is 5.69 Å². The summed E-state index contributed by atoms with van der Waals surface area (Å²) in [5.74, 6) is 0.723. The molecule has 298 valence electrons. The van der Waals surface area contributed by atoms with E-state index in [1.165, 1.54) is 89.2 Å². The Labute approximate surface area is 309 Å². The average molecular weight is 718 g/mol. The van der Waals surface area contributed by atoms with Crippen LogP contribution in [0.1, 0.15) is 172 Å². The van der Waals surface area contributed by atoms with Crippen molar-refractivity contribution in [2.24, 2.45) is 5.92 Å². The Balaban J connectivity index is -0.000000332. The Bertz CT molecular complexity index is 840. The summed E-state index contributed by atoms with van der Waals surface area (Å²) in [6.07, 6.45) is 18.4. The standard InChI is InChI=1S/C18H24F3NO2.C9H20.C8H18O.2C4H10/c1-5-6-14(2)13-16(11-12-23-4)22(3)15-7-9-17(10-8-15)24-18(19,20)21;1-4-6-7-8-9(3)5-2;1-3-5-6-8-9-7-4-2;2*1-3-4-2/h6-10,13H,5,11-12H2,1-4H3;9H,4-8H2,1-3H3;3-8H2,1-2H3;2*3-4H2,1-2H3/b14-6-,16-13-;;;;. The summed E-state index contributed by atoms with van der Waals surface area (Å²) in [7, 11) is 3.51. The summed E-state index contributed by atoms with van der Waals surface area (Å²) in [5, 5.41) is 0. The number of nitrogens with zero attached hydrogens (tertiary/aromatic N) is 1. The van der Waals surface area contributed by atoms with Crippen LogP contribution in [0.4, 0.5) is 18.9 Å². The molecule has 1 rings (SSSR count). The molecular formula is C43H82F3NO3. The van der Waals surface area contributed by atoms with Gasteiger partial charge in [0.2, 0.25) is 0 Å². The van der Waals surface area contributed by atoms with Crippen LogP contribution < -0.4 is 9.64 Å². The van der Waals surface area contributed by atoms with E-state index in [1.807, 2.05) is 18.9 Å².